The fraction of sp³-hybridized carbons (Fsp3) is 0.320. The number of amidine groups is 1. The number of nitrogens with zero attached hydrogens (tertiary/aromatic N) is 4. The van der Waals surface area contributed by atoms with E-state index < -0.39 is 25.0 Å². The van der Waals surface area contributed by atoms with Crippen molar-refractivity contribution in [1.29, 1.82) is 0 Å². The molecule has 1 amide bonds. The Kier molecular flexibility index (Phi) is 9.74. The highest BCUT2D eigenvalue weighted by molar-refractivity contribution is 5.92. The van der Waals surface area contributed by atoms with Crippen LogP contribution in [0.5, 0.6) is 0 Å². The minimum atomic E-state index is -4.62. The van der Waals surface area contributed by atoms with Crippen LogP contribution in [0.3, 0.4) is 0 Å². The second-order valence-corrected chi connectivity index (χ2v) is 7.94. The van der Waals surface area contributed by atoms with Crippen molar-refractivity contribution in [1.82, 2.24) is 4.90 Å². The fourth-order valence-electron chi connectivity index (χ4n) is 3.61. The second-order valence-electron chi connectivity index (χ2n) is 7.94. The van der Waals surface area contributed by atoms with E-state index in [1.165, 1.54) is 18.1 Å². The van der Waals surface area contributed by atoms with Crippen LogP contribution < -0.4 is 9.91 Å². The number of aldehydes is 1. The first-order valence-electron chi connectivity index (χ1n) is 10.9. The average molecular weight is 509 g/mol. The van der Waals surface area contributed by atoms with Gasteiger partial charge in [0.15, 0.2) is 12.1 Å². The molecule has 1 N–H and O–H groups in total. The molecule has 0 radical (unpaired) electrons. The van der Waals surface area contributed by atoms with Gasteiger partial charge in [0, 0.05) is 38.1 Å². The van der Waals surface area contributed by atoms with Gasteiger partial charge in [-0.1, -0.05) is 18.2 Å². The molecule has 36 heavy (non-hydrogen) atoms. The molecule has 0 fully saturated rings. The number of halogens is 4. The molecule has 11 heteroatoms. The molecule has 0 unspecified atom stereocenters. The summed E-state index contributed by atoms with van der Waals surface area (Å²) >= 11 is 0. The van der Waals surface area contributed by atoms with Crippen LogP contribution in [-0.2, 0) is 4.79 Å². The van der Waals surface area contributed by atoms with Gasteiger partial charge in [0.05, 0.1) is 12.1 Å². The van der Waals surface area contributed by atoms with E-state index in [0.717, 1.165) is 27.6 Å². The maximum atomic E-state index is 14.9. The van der Waals surface area contributed by atoms with E-state index >= 15 is 0 Å². The molecule has 0 aliphatic heterocycles. The molecule has 0 aliphatic rings. The van der Waals surface area contributed by atoms with E-state index in [0.29, 0.717) is 12.1 Å². The van der Waals surface area contributed by atoms with E-state index in [1.54, 1.807) is 45.2 Å². The molecule has 0 saturated carbocycles. The highest BCUT2D eigenvalue weighted by Gasteiger charge is 2.31. The van der Waals surface area contributed by atoms with Crippen molar-refractivity contribution < 1.29 is 32.3 Å². The van der Waals surface area contributed by atoms with Crippen LogP contribution in [0.15, 0.2) is 47.7 Å². The topological polar surface area (TPSA) is 76.5 Å². The molecule has 194 valence electrons. The zero-order chi connectivity index (χ0) is 27.0. The second kappa shape index (κ2) is 12.3. The van der Waals surface area contributed by atoms with Gasteiger partial charge in [0.2, 0.25) is 6.41 Å². The summed E-state index contributed by atoms with van der Waals surface area (Å²) in [5.74, 6) is -1.02. The monoisotopic (exact) mass is 508 g/mol. The molecule has 0 aliphatic carbocycles. The van der Waals surface area contributed by atoms with Crippen molar-refractivity contribution in [3.8, 4) is 0 Å². The number of aliphatic hydroxyl groups excluding tert-OH is 1. The van der Waals surface area contributed by atoms with Gasteiger partial charge in [-0.05, 0) is 48.7 Å². The molecule has 0 spiro atoms. The minimum Gasteiger partial charge on any atom is -0.388 e. The van der Waals surface area contributed by atoms with Gasteiger partial charge < -0.3 is 10.0 Å². The number of hydrazone groups is 1. The molecule has 0 atom stereocenters. The summed E-state index contributed by atoms with van der Waals surface area (Å²) in [5, 5.41) is 14.6. The maximum Gasteiger partial charge on any atom is 0.393 e. The van der Waals surface area contributed by atoms with Crippen LogP contribution in [0.4, 0.5) is 28.9 Å². The highest BCUT2D eigenvalue weighted by atomic mass is 19.4. The summed E-state index contributed by atoms with van der Waals surface area (Å²) in [4.78, 5) is 25.5. The van der Waals surface area contributed by atoms with Crippen molar-refractivity contribution in [2.75, 3.05) is 37.2 Å². The largest absolute Gasteiger partial charge is 0.393 e. The lowest BCUT2D eigenvalue weighted by Gasteiger charge is -2.23. The summed E-state index contributed by atoms with van der Waals surface area (Å²) in [6.45, 7) is 2.98. The number of hydrogen-bond donors (Lipinski definition) is 1. The van der Waals surface area contributed by atoms with E-state index in [9.17, 15) is 32.3 Å². The number of likely N-dealkylation sites (N-methyl/N-ethyl adjacent to an activating group) is 1. The third-order valence-corrected chi connectivity index (χ3v) is 5.38. The first-order valence-corrected chi connectivity index (χ1v) is 10.9. The van der Waals surface area contributed by atoms with Crippen molar-refractivity contribution in [3.05, 3.63) is 65.1 Å². The number of carbonyl (C=O) groups is 2. The van der Waals surface area contributed by atoms with Gasteiger partial charge in [-0.3, -0.25) is 19.5 Å². The number of para-hydroxylation sites is 1. The van der Waals surface area contributed by atoms with Crippen LogP contribution in [0.2, 0.25) is 0 Å². The van der Waals surface area contributed by atoms with E-state index in [-0.39, 0.29) is 41.1 Å². The summed E-state index contributed by atoms with van der Waals surface area (Å²) in [6, 6.07) is 9.01. The molecule has 2 aromatic carbocycles. The van der Waals surface area contributed by atoms with Crippen LogP contribution in [0.1, 0.15) is 34.8 Å². The number of benzene rings is 2. The number of amides is 1. The number of anilines is 2. The van der Waals surface area contributed by atoms with Gasteiger partial charge in [-0.15, -0.1) is 0 Å². The molecule has 2 rings (SSSR count). The van der Waals surface area contributed by atoms with Crippen LogP contribution in [0.25, 0.3) is 5.57 Å². The first-order chi connectivity index (χ1) is 16.9. The number of carbonyl (C=O) groups excluding carboxylic acids is 2. The Hall–Kier alpha value is -3.73. The van der Waals surface area contributed by atoms with Crippen LogP contribution >= 0.6 is 0 Å². The SMILES string of the molecule is CCN(C=O)/C(CO)=N\N(C)c1cc(/C(=C\N(C)c2ccccc2C)CC(F)(F)F)c(C=O)cc1F. The number of allylic oxidation sites excluding steroid dienone is 1. The maximum absolute atomic E-state index is 14.9. The smallest absolute Gasteiger partial charge is 0.388 e. The summed E-state index contributed by atoms with van der Waals surface area (Å²) < 4.78 is 55.6. The Morgan fingerprint density at radius 3 is 2.31 bits per heavy atom. The lowest BCUT2D eigenvalue weighted by atomic mass is 9.96. The lowest BCUT2D eigenvalue weighted by molar-refractivity contribution is -0.123. The molecule has 0 aromatic heterocycles. The lowest BCUT2D eigenvalue weighted by Crippen LogP contribution is -2.34. The van der Waals surface area contributed by atoms with Crippen molar-refractivity contribution in [2.45, 2.75) is 26.4 Å². The Bertz CT molecular complexity index is 1150. The summed E-state index contributed by atoms with van der Waals surface area (Å²) in [7, 11) is 2.89. The number of aliphatic hydroxyl groups is 1. The van der Waals surface area contributed by atoms with Crippen LogP contribution in [-0.4, -0.2) is 62.0 Å². The molecule has 0 bridgehead atoms. The van der Waals surface area contributed by atoms with E-state index in [4.69, 9.17) is 0 Å². The molecule has 0 saturated heterocycles. The Labute approximate surface area is 206 Å². The molecular formula is C25H28F4N4O3. The molecule has 2 aromatic rings. The normalized spacial score (nSPS) is 12.4. The zero-order valence-corrected chi connectivity index (χ0v) is 20.4. The number of aryl methyl sites for hydroxylation is 1. The third kappa shape index (κ3) is 7.14. The van der Waals surface area contributed by atoms with E-state index in [1.807, 2.05) is 0 Å². The standard InChI is InChI=1S/C25H28F4N4O3/c1-5-33(16-36)24(15-35)30-32(4)23-11-20(18(14-34)10-21(23)26)19(12-25(27,28)29)13-31(3)22-9-7-6-8-17(22)2/h6-11,13-14,16,35H,5,12,15H2,1-4H3/b19-13-,30-24-. The van der Waals surface area contributed by atoms with Crippen molar-refractivity contribution in [2.24, 2.45) is 5.10 Å². The Morgan fingerprint density at radius 1 is 1.11 bits per heavy atom. The first kappa shape index (κ1) is 28.5. The van der Waals surface area contributed by atoms with Gasteiger partial charge >= 0.3 is 6.18 Å². The van der Waals surface area contributed by atoms with Crippen LogP contribution in [0, 0.1) is 12.7 Å². The zero-order valence-electron chi connectivity index (χ0n) is 20.4. The molecule has 7 nitrogen and oxygen atoms in total. The third-order valence-electron chi connectivity index (χ3n) is 5.38. The van der Waals surface area contributed by atoms with Gasteiger partial charge in [-0.2, -0.15) is 18.3 Å². The predicted octanol–water partition coefficient (Wildman–Crippen LogP) is 4.60. The molecule has 0 heterocycles. The Balaban J connectivity index is 2.69. The average Bonchev–Trinajstić information content (AvgIpc) is 2.82. The molecular weight excluding hydrogens is 480 g/mol. The quantitative estimate of drug-likeness (QED) is 0.167. The number of alkyl halides is 3. The van der Waals surface area contributed by atoms with Crippen molar-refractivity contribution in [3.63, 3.8) is 0 Å². The number of hydrogen-bond acceptors (Lipinski definition) is 6. The van der Waals surface area contributed by atoms with Crippen molar-refractivity contribution >= 4 is 35.5 Å². The summed E-state index contributed by atoms with van der Waals surface area (Å²) in [5.41, 5.74) is 0.547. The van der Waals surface area contributed by atoms with Gasteiger partial charge in [0.25, 0.3) is 0 Å². The van der Waals surface area contributed by atoms with Gasteiger partial charge in [0.1, 0.15) is 12.4 Å². The Morgan fingerprint density at radius 2 is 1.78 bits per heavy atom. The summed E-state index contributed by atoms with van der Waals surface area (Å²) in [6.07, 6.45) is -4.02. The predicted molar refractivity (Wildman–Crippen MR) is 131 cm³/mol. The fourth-order valence-corrected chi connectivity index (χ4v) is 3.61. The van der Waals surface area contributed by atoms with Gasteiger partial charge in [-0.25, -0.2) is 4.39 Å². The highest BCUT2D eigenvalue weighted by Crippen LogP contribution is 2.35. The minimum absolute atomic E-state index is 0.0965. The number of rotatable bonds is 10. The van der Waals surface area contributed by atoms with E-state index in [2.05, 4.69) is 5.10 Å².